The molecule has 4 aromatic rings. The van der Waals surface area contributed by atoms with Crippen molar-refractivity contribution < 1.29 is 9.21 Å². The van der Waals surface area contributed by atoms with Crippen LogP contribution in [0.15, 0.2) is 88.5 Å². The molecule has 1 amide bonds. The fraction of sp³-hybridized carbons (Fsp3) is 0.0909. The van der Waals surface area contributed by atoms with Crippen LogP contribution >= 0.6 is 11.8 Å². The van der Waals surface area contributed by atoms with E-state index >= 15 is 0 Å². The van der Waals surface area contributed by atoms with Crippen LogP contribution in [0.2, 0.25) is 0 Å². The van der Waals surface area contributed by atoms with Crippen molar-refractivity contribution in [3.8, 4) is 0 Å². The van der Waals surface area contributed by atoms with Gasteiger partial charge in [-0.15, -0.1) is 0 Å². The molecule has 0 unspecified atom stereocenters. The van der Waals surface area contributed by atoms with Gasteiger partial charge in [0.15, 0.2) is 5.58 Å². The minimum Gasteiger partial charge on any atom is -0.431 e. The van der Waals surface area contributed by atoms with E-state index in [0.717, 1.165) is 22.4 Å². The molecule has 0 aliphatic carbocycles. The number of amides is 1. The van der Waals surface area contributed by atoms with E-state index in [9.17, 15) is 4.79 Å². The molecule has 0 atom stereocenters. The number of hydrogen-bond acceptors (Lipinski definition) is 4. The molecular weight excluding hydrogens is 356 g/mol. The van der Waals surface area contributed by atoms with Gasteiger partial charge in [0, 0.05) is 24.1 Å². The lowest BCUT2D eigenvalue weighted by Gasteiger charge is -2.19. The second-order valence-electron chi connectivity index (χ2n) is 6.09. The molecule has 0 fully saturated rings. The quantitative estimate of drug-likeness (QED) is 0.439. The summed E-state index contributed by atoms with van der Waals surface area (Å²) in [6.07, 6.45) is 0. The molecule has 27 heavy (non-hydrogen) atoms. The van der Waals surface area contributed by atoms with E-state index in [1.807, 2.05) is 78.9 Å². The number of benzene rings is 3. The lowest BCUT2D eigenvalue weighted by Crippen LogP contribution is -2.27. The molecule has 0 aliphatic heterocycles. The maximum atomic E-state index is 13.0. The number of nitrogens with zero attached hydrogens (tertiary/aromatic N) is 2. The molecule has 134 valence electrons. The number of fused-ring (bicyclic) bond motifs is 1. The molecule has 1 aromatic heterocycles. The van der Waals surface area contributed by atoms with Crippen molar-refractivity contribution >= 4 is 34.5 Å². The number of hydrogen-bond donors (Lipinski definition) is 0. The summed E-state index contributed by atoms with van der Waals surface area (Å²) in [6.45, 7) is 0. The molecule has 0 saturated carbocycles. The third-order valence-electron chi connectivity index (χ3n) is 4.32. The second kappa shape index (κ2) is 7.68. The molecule has 0 bridgehead atoms. The molecule has 4 nitrogen and oxygen atoms in total. The van der Waals surface area contributed by atoms with E-state index in [1.165, 1.54) is 11.8 Å². The third kappa shape index (κ3) is 3.73. The predicted molar refractivity (Wildman–Crippen MR) is 109 cm³/mol. The first-order chi connectivity index (χ1) is 13.2. The van der Waals surface area contributed by atoms with Gasteiger partial charge in [0.1, 0.15) is 5.52 Å². The van der Waals surface area contributed by atoms with Gasteiger partial charge >= 0.3 is 0 Å². The molecule has 0 spiro atoms. The average molecular weight is 374 g/mol. The minimum absolute atomic E-state index is 0.0324. The van der Waals surface area contributed by atoms with Crippen LogP contribution in [0.4, 0.5) is 5.69 Å². The molecule has 0 N–H and O–H groups in total. The van der Waals surface area contributed by atoms with Crippen molar-refractivity contribution in [1.29, 1.82) is 0 Å². The first kappa shape index (κ1) is 17.4. The summed E-state index contributed by atoms with van der Waals surface area (Å²) in [7, 11) is 1.79. The van der Waals surface area contributed by atoms with Gasteiger partial charge in [0.25, 0.3) is 11.1 Å². The van der Waals surface area contributed by atoms with Gasteiger partial charge in [0.2, 0.25) is 0 Å². The van der Waals surface area contributed by atoms with Gasteiger partial charge in [-0.2, -0.15) is 0 Å². The highest BCUT2D eigenvalue weighted by Gasteiger charge is 2.17. The Kier molecular flexibility index (Phi) is 4.94. The molecule has 0 aliphatic rings. The largest absolute Gasteiger partial charge is 0.431 e. The standard InChI is InChI=1S/C22H18N2O2S/c1-24(17-10-3-2-4-11-17)21(25)18-12-6-5-9-16(18)15-27-22-23-19-13-7-8-14-20(19)26-22/h2-14H,15H2,1H3. The van der Waals surface area contributed by atoms with Crippen LogP contribution in [0.1, 0.15) is 15.9 Å². The van der Waals surface area contributed by atoms with Crippen LogP contribution in [0, 0.1) is 0 Å². The second-order valence-corrected chi connectivity index (χ2v) is 7.02. The number of anilines is 1. The zero-order valence-electron chi connectivity index (χ0n) is 14.8. The summed E-state index contributed by atoms with van der Waals surface area (Å²) < 4.78 is 5.76. The molecule has 5 heteroatoms. The minimum atomic E-state index is -0.0324. The number of oxazole rings is 1. The van der Waals surface area contributed by atoms with Gasteiger partial charge in [0.05, 0.1) is 0 Å². The summed E-state index contributed by atoms with van der Waals surface area (Å²) in [5.74, 6) is 0.576. The smallest absolute Gasteiger partial charge is 0.258 e. The van der Waals surface area contributed by atoms with Crippen molar-refractivity contribution in [3.05, 3.63) is 90.0 Å². The van der Waals surface area contributed by atoms with E-state index < -0.39 is 0 Å². The van der Waals surface area contributed by atoms with Crippen molar-refractivity contribution in [2.75, 3.05) is 11.9 Å². The highest BCUT2D eigenvalue weighted by atomic mass is 32.2. The first-order valence-electron chi connectivity index (χ1n) is 8.62. The lowest BCUT2D eigenvalue weighted by molar-refractivity contribution is 0.0992. The number of aromatic nitrogens is 1. The molecule has 0 radical (unpaired) electrons. The SMILES string of the molecule is CN(C(=O)c1ccccc1CSc1nc2ccccc2o1)c1ccccc1. The van der Waals surface area contributed by atoms with Crippen LogP contribution < -0.4 is 4.90 Å². The summed E-state index contributed by atoms with van der Waals surface area (Å²) in [6, 6.07) is 25.0. The van der Waals surface area contributed by atoms with E-state index in [4.69, 9.17) is 4.42 Å². The Balaban J connectivity index is 1.54. The van der Waals surface area contributed by atoms with Crippen LogP contribution in [0.25, 0.3) is 11.1 Å². The highest BCUT2D eigenvalue weighted by Crippen LogP contribution is 2.28. The topological polar surface area (TPSA) is 46.3 Å². The monoisotopic (exact) mass is 374 g/mol. The number of carbonyl (C=O) groups is 1. The Hall–Kier alpha value is -3.05. The van der Waals surface area contributed by atoms with Gasteiger partial charge in [-0.1, -0.05) is 60.3 Å². The molecule has 0 saturated heterocycles. The number of para-hydroxylation sites is 3. The summed E-state index contributed by atoms with van der Waals surface area (Å²) in [4.78, 5) is 19.2. The summed E-state index contributed by atoms with van der Waals surface area (Å²) in [5.41, 5.74) is 4.12. The Labute approximate surface area is 161 Å². The number of thioether (sulfide) groups is 1. The van der Waals surface area contributed by atoms with Crippen LogP contribution in [-0.4, -0.2) is 17.9 Å². The Morgan fingerprint density at radius 1 is 0.963 bits per heavy atom. The van der Waals surface area contributed by atoms with Gasteiger partial charge in [-0.25, -0.2) is 4.98 Å². The van der Waals surface area contributed by atoms with E-state index in [-0.39, 0.29) is 5.91 Å². The van der Waals surface area contributed by atoms with E-state index in [1.54, 1.807) is 11.9 Å². The highest BCUT2D eigenvalue weighted by molar-refractivity contribution is 7.98. The molecule has 4 rings (SSSR count). The average Bonchev–Trinajstić information content (AvgIpc) is 3.15. The Morgan fingerprint density at radius 3 is 2.48 bits per heavy atom. The fourth-order valence-corrected chi connectivity index (χ4v) is 3.70. The summed E-state index contributed by atoms with van der Waals surface area (Å²) in [5, 5.41) is 0.606. The van der Waals surface area contributed by atoms with Crippen molar-refractivity contribution in [1.82, 2.24) is 4.98 Å². The van der Waals surface area contributed by atoms with Crippen LogP contribution in [0.3, 0.4) is 0 Å². The number of carbonyl (C=O) groups excluding carboxylic acids is 1. The van der Waals surface area contributed by atoms with Crippen molar-refractivity contribution in [3.63, 3.8) is 0 Å². The Bertz CT molecular complexity index is 1040. The van der Waals surface area contributed by atoms with Gasteiger partial charge in [-0.3, -0.25) is 4.79 Å². The lowest BCUT2D eigenvalue weighted by atomic mass is 10.1. The normalized spacial score (nSPS) is 10.9. The van der Waals surface area contributed by atoms with Crippen molar-refractivity contribution in [2.24, 2.45) is 0 Å². The molecule has 1 heterocycles. The van der Waals surface area contributed by atoms with Gasteiger partial charge < -0.3 is 9.32 Å². The van der Waals surface area contributed by atoms with Crippen molar-refractivity contribution in [2.45, 2.75) is 11.0 Å². The Morgan fingerprint density at radius 2 is 1.67 bits per heavy atom. The third-order valence-corrected chi connectivity index (χ3v) is 5.20. The molecular formula is C22H18N2O2S. The number of rotatable bonds is 5. The van der Waals surface area contributed by atoms with Crippen LogP contribution in [0.5, 0.6) is 0 Å². The van der Waals surface area contributed by atoms with Gasteiger partial charge in [-0.05, 0) is 35.9 Å². The zero-order chi connectivity index (χ0) is 18.6. The maximum absolute atomic E-state index is 13.0. The molecule has 3 aromatic carbocycles. The van der Waals surface area contributed by atoms with Crippen LogP contribution in [-0.2, 0) is 5.75 Å². The predicted octanol–water partition coefficient (Wildman–Crippen LogP) is 5.40. The van der Waals surface area contributed by atoms with E-state index in [2.05, 4.69) is 4.98 Å². The maximum Gasteiger partial charge on any atom is 0.258 e. The zero-order valence-corrected chi connectivity index (χ0v) is 15.6. The fourth-order valence-electron chi connectivity index (χ4n) is 2.86. The first-order valence-corrected chi connectivity index (χ1v) is 9.60. The van der Waals surface area contributed by atoms with E-state index in [0.29, 0.717) is 16.5 Å². The summed E-state index contributed by atoms with van der Waals surface area (Å²) >= 11 is 1.49.